The van der Waals surface area contributed by atoms with E-state index in [-0.39, 0.29) is 22.0 Å². The molecule has 1 N–H and O–H groups in total. The van der Waals surface area contributed by atoms with E-state index in [0.29, 0.717) is 15.7 Å². The normalized spacial score (nSPS) is 16.6. The lowest BCUT2D eigenvalue weighted by Gasteiger charge is -2.23. The van der Waals surface area contributed by atoms with Crippen LogP contribution in [0.5, 0.6) is 0 Å². The highest BCUT2D eigenvalue weighted by Gasteiger charge is 2.49. The monoisotopic (exact) mass is 581 g/mol. The second-order valence-electron chi connectivity index (χ2n) is 9.79. The minimum Gasteiger partial charge on any atom is -0.507 e. The summed E-state index contributed by atoms with van der Waals surface area (Å²) >= 11 is 2.61. The van der Waals surface area contributed by atoms with E-state index >= 15 is 4.39 Å². The van der Waals surface area contributed by atoms with Gasteiger partial charge in [0.2, 0.25) is 5.13 Å². The molecular formula is C32H24FN3O3S2. The van der Waals surface area contributed by atoms with E-state index in [9.17, 15) is 14.7 Å². The summed E-state index contributed by atoms with van der Waals surface area (Å²) in [5, 5.41) is 22.4. The van der Waals surface area contributed by atoms with Crippen LogP contribution in [0.2, 0.25) is 0 Å². The third-order valence-corrected chi connectivity index (χ3v) is 9.23. The Morgan fingerprint density at radius 1 is 0.976 bits per heavy atom. The predicted molar refractivity (Wildman–Crippen MR) is 161 cm³/mol. The van der Waals surface area contributed by atoms with Crippen molar-refractivity contribution in [1.82, 2.24) is 10.2 Å². The van der Waals surface area contributed by atoms with Gasteiger partial charge in [0, 0.05) is 16.9 Å². The van der Waals surface area contributed by atoms with Crippen LogP contribution >= 0.6 is 23.1 Å². The number of anilines is 1. The first kappa shape index (κ1) is 26.9. The Bertz CT molecular complexity index is 1860. The molecule has 0 bridgehead atoms. The average Bonchev–Trinajstić information content (AvgIpc) is 3.55. The molecule has 2 heterocycles. The molecule has 204 valence electrons. The molecule has 0 aliphatic carbocycles. The van der Waals surface area contributed by atoms with Crippen molar-refractivity contribution in [3.8, 4) is 0 Å². The minimum atomic E-state index is -1.21. The molecule has 1 amide bonds. The highest BCUT2D eigenvalue weighted by molar-refractivity contribution is 8.00. The number of aliphatic hydroxyl groups is 1. The van der Waals surface area contributed by atoms with Crippen molar-refractivity contribution in [3.63, 3.8) is 0 Å². The fraction of sp³-hybridized carbons (Fsp3) is 0.125. The zero-order valence-corrected chi connectivity index (χ0v) is 23.8. The lowest BCUT2D eigenvalue weighted by Crippen LogP contribution is -2.29. The first-order valence-corrected chi connectivity index (χ1v) is 14.7. The van der Waals surface area contributed by atoms with Crippen LogP contribution < -0.4 is 4.90 Å². The molecule has 1 saturated heterocycles. The molecule has 1 aliphatic heterocycles. The Balaban J connectivity index is 1.40. The Morgan fingerprint density at radius 2 is 1.73 bits per heavy atom. The summed E-state index contributed by atoms with van der Waals surface area (Å²) in [6.07, 6.45) is 0. The van der Waals surface area contributed by atoms with E-state index in [1.807, 2.05) is 37.3 Å². The van der Waals surface area contributed by atoms with Crippen LogP contribution in [0.3, 0.4) is 0 Å². The minimum absolute atomic E-state index is 0.0821. The number of benzene rings is 4. The number of thioether (sulfide) groups is 1. The number of ketones is 1. The summed E-state index contributed by atoms with van der Waals surface area (Å²) in [5.41, 5.74) is 3.02. The molecule has 0 radical (unpaired) electrons. The van der Waals surface area contributed by atoms with Crippen molar-refractivity contribution in [2.75, 3.05) is 4.90 Å². The van der Waals surface area contributed by atoms with Crippen molar-refractivity contribution >= 4 is 56.5 Å². The van der Waals surface area contributed by atoms with E-state index < -0.39 is 23.5 Å². The van der Waals surface area contributed by atoms with Gasteiger partial charge in [-0.25, -0.2) is 4.39 Å². The number of nitrogens with zero attached hydrogens (tertiary/aromatic N) is 3. The summed E-state index contributed by atoms with van der Waals surface area (Å²) in [4.78, 5) is 28.1. The van der Waals surface area contributed by atoms with Crippen molar-refractivity contribution in [3.05, 3.63) is 124 Å². The fourth-order valence-corrected chi connectivity index (χ4v) is 6.94. The third-order valence-electron chi connectivity index (χ3n) is 7.13. The number of aliphatic hydroxyl groups excluding tert-OH is 1. The molecule has 5 aromatic rings. The van der Waals surface area contributed by atoms with E-state index in [2.05, 4.69) is 34.5 Å². The number of fused-ring (bicyclic) bond motifs is 1. The van der Waals surface area contributed by atoms with Crippen LogP contribution in [-0.4, -0.2) is 27.0 Å². The van der Waals surface area contributed by atoms with Gasteiger partial charge in [-0.1, -0.05) is 101 Å². The number of Topliss-reactive ketones (excluding diaryl/α,β-unsaturated/α-hetero) is 1. The first-order valence-electron chi connectivity index (χ1n) is 12.9. The Kier molecular flexibility index (Phi) is 7.15. The van der Waals surface area contributed by atoms with Gasteiger partial charge in [-0.3, -0.25) is 14.5 Å². The third kappa shape index (κ3) is 4.92. The zero-order chi connectivity index (χ0) is 28.7. The predicted octanol–water partition coefficient (Wildman–Crippen LogP) is 7.37. The molecule has 0 saturated carbocycles. The van der Waals surface area contributed by atoms with Gasteiger partial charge in [0.1, 0.15) is 17.6 Å². The van der Waals surface area contributed by atoms with Gasteiger partial charge in [0.05, 0.1) is 5.57 Å². The number of carbonyl (C=O) groups is 2. The Labute approximate surface area is 244 Å². The second-order valence-corrected chi connectivity index (χ2v) is 12.0. The maximum atomic E-state index is 15.2. The van der Waals surface area contributed by atoms with E-state index in [4.69, 9.17) is 0 Å². The molecule has 6 rings (SSSR count). The number of rotatable bonds is 6. The van der Waals surface area contributed by atoms with Crippen LogP contribution in [0.1, 0.15) is 33.9 Å². The second kappa shape index (κ2) is 10.9. The molecular weight excluding hydrogens is 558 g/mol. The van der Waals surface area contributed by atoms with Gasteiger partial charge in [-0.2, -0.15) is 0 Å². The highest BCUT2D eigenvalue weighted by Crippen LogP contribution is 2.45. The summed E-state index contributed by atoms with van der Waals surface area (Å²) in [5.74, 6) is -2.14. The molecule has 41 heavy (non-hydrogen) atoms. The van der Waals surface area contributed by atoms with Crippen molar-refractivity contribution in [2.24, 2.45) is 0 Å². The van der Waals surface area contributed by atoms with Crippen molar-refractivity contribution in [2.45, 2.75) is 30.0 Å². The summed E-state index contributed by atoms with van der Waals surface area (Å²) in [6, 6.07) is 24.4. The van der Waals surface area contributed by atoms with Gasteiger partial charge < -0.3 is 5.11 Å². The lowest BCUT2D eigenvalue weighted by molar-refractivity contribution is -0.132. The molecule has 6 nitrogen and oxygen atoms in total. The zero-order valence-electron chi connectivity index (χ0n) is 22.2. The highest BCUT2D eigenvalue weighted by atomic mass is 32.2. The fourth-order valence-electron chi connectivity index (χ4n) is 5.07. The SMILES string of the molecule is Cc1ccc(C)c(/C(O)=C2\C(=O)C(=O)N(c3nnc(SCc4cccc5ccccc45)s3)C2c2ccccc2F)c1. The van der Waals surface area contributed by atoms with Crippen LogP contribution in [-0.2, 0) is 15.3 Å². The van der Waals surface area contributed by atoms with Crippen LogP contribution in [0.25, 0.3) is 16.5 Å². The topological polar surface area (TPSA) is 83.4 Å². The number of carbonyl (C=O) groups excluding carboxylic acids is 2. The summed E-state index contributed by atoms with van der Waals surface area (Å²) in [6.45, 7) is 3.66. The average molecular weight is 582 g/mol. The molecule has 1 unspecified atom stereocenters. The number of halogens is 1. The number of hydrogen-bond donors (Lipinski definition) is 1. The van der Waals surface area contributed by atoms with Gasteiger partial charge in [-0.05, 0) is 47.9 Å². The number of hydrogen-bond acceptors (Lipinski definition) is 7. The first-order chi connectivity index (χ1) is 19.8. The van der Waals surface area contributed by atoms with E-state index in [1.165, 1.54) is 30.0 Å². The van der Waals surface area contributed by atoms with Crippen molar-refractivity contribution in [1.29, 1.82) is 0 Å². The maximum absolute atomic E-state index is 15.2. The molecule has 1 aromatic heterocycles. The smallest absolute Gasteiger partial charge is 0.301 e. The molecule has 9 heteroatoms. The quantitative estimate of drug-likeness (QED) is 0.0741. The largest absolute Gasteiger partial charge is 0.507 e. The van der Waals surface area contributed by atoms with E-state index in [0.717, 1.165) is 43.7 Å². The standard InChI is InChI=1S/C32H24FN3O3S2/c1-18-14-15-19(2)24(16-18)28(37)26-27(23-12-5-6-13-25(23)33)36(30(39)29(26)38)31-34-35-32(41-31)40-17-21-10-7-9-20-8-3-4-11-22(20)21/h3-16,27,37H,17H2,1-2H3/b28-26+. The lowest BCUT2D eigenvalue weighted by atomic mass is 9.93. The summed E-state index contributed by atoms with van der Waals surface area (Å²) in [7, 11) is 0. The molecule has 4 aromatic carbocycles. The van der Waals surface area contributed by atoms with Gasteiger partial charge in [0.25, 0.3) is 5.78 Å². The van der Waals surface area contributed by atoms with Gasteiger partial charge in [0.15, 0.2) is 4.34 Å². The van der Waals surface area contributed by atoms with Gasteiger partial charge >= 0.3 is 5.91 Å². The van der Waals surface area contributed by atoms with Crippen molar-refractivity contribution < 1.29 is 19.1 Å². The van der Waals surface area contributed by atoms with Crippen LogP contribution in [0, 0.1) is 19.7 Å². The maximum Gasteiger partial charge on any atom is 0.301 e. The molecule has 1 fully saturated rings. The number of amides is 1. The molecule has 1 aliphatic rings. The summed E-state index contributed by atoms with van der Waals surface area (Å²) < 4.78 is 15.8. The molecule has 0 spiro atoms. The van der Waals surface area contributed by atoms with Crippen LogP contribution in [0.4, 0.5) is 9.52 Å². The Hall–Kier alpha value is -4.34. The van der Waals surface area contributed by atoms with E-state index in [1.54, 1.807) is 19.1 Å². The molecule has 1 atom stereocenters. The van der Waals surface area contributed by atoms with Gasteiger partial charge in [-0.15, -0.1) is 10.2 Å². The van der Waals surface area contributed by atoms with Crippen LogP contribution in [0.15, 0.2) is 94.8 Å². The Morgan fingerprint density at radius 3 is 2.56 bits per heavy atom. The number of aryl methyl sites for hydroxylation is 2. The number of aromatic nitrogens is 2.